The van der Waals surface area contributed by atoms with E-state index in [1.807, 2.05) is 6.26 Å². The summed E-state index contributed by atoms with van der Waals surface area (Å²) in [5.41, 5.74) is 6.39. The molecule has 2 rings (SSSR count). The molecule has 0 bridgehead atoms. The summed E-state index contributed by atoms with van der Waals surface area (Å²) in [5, 5.41) is 2.55. The fourth-order valence-corrected chi connectivity index (χ4v) is 2.18. The van der Waals surface area contributed by atoms with Gasteiger partial charge in [0.25, 0.3) is 5.91 Å². The van der Waals surface area contributed by atoms with Crippen LogP contribution in [0.3, 0.4) is 0 Å². The van der Waals surface area contributed by atoms with Gasteiger partial charge in [-0.05, 0) is 36.6 Å². The molecule has 2 aromatic rings. The van der Waals surface area contributed by atoms with E-state index in [4.69, 9.17) is 10.2 Å². The third-order valence-electron chi connectivity index (χ3n) is 2.79. The molecule has 1 heterocycles. The molecule has 1 amide bonds. The number of nitrogens with one attached hydrogen (secondary N) is 1. The van der Waals surface area contributed by atoms with Crippen LogP contribution < -0.4 is 11.1 Å². The zero-order valence-electron chi connectivity index (χ0n) is 11.5. The lowest BCUT2D eigenvalue weighted by molar-refractivity contribution is 0.102. The van der Waals surface area contributed by atoms with Crippen LogP contribution in [-0.2, 0) is 0 Å². The Kier molecular flexibility index (Phi) is 5.35. The summed E-state index contributed by atoms with van der Waals surface area (Å²) in [4.78, 5) is 16.0. The molecule has 3 N–H and O–H groups in total. The number of hydrogen-bond donors (Lipinski definition) is 2. The monoisotopic (exact) mass is 309 g/mol. The number of amides is 1. The minimum absolute atomic E-state index is 0.119. The minimum atomic E-state index is -0.465. The average molecular weight is 309 g/mol. The summed E-state index contributed by atoms with van der Waals surface area (Å²) in [7, 11) is 0. The van der Waals surface area contributed by atoms with Crippen LogP contribution in [0.15, 0.2) is 34.9 Å². The molecule has 21 heavy (non-hydrogen) atoms. The first-order valence-electron chi connectivity index (χ1n) is 6.37. The highest BCUT2D eigenvalue weighted by Crippen LogP contribution is 2.17. The van der Waals surface area contributed by atoms with Gasteiger partial charge >= 0.3 is 0 Å². The number of rotatable bonds is 6. The predicted molar refractivity (Wildman–Crippen MR) is 80.8 cm³/mol. The topological polar surface area (TPSA) is 81.1 Å². The molecule has 0 fully saturated rings. The molecule has 0 spiro atoms. The van der Waals surface area contributed by atoms with Gasteiger partial charge in [0.2, 0.25) is 5.89 Å². The fraction of sp³-hybridized carbons (Fsp3) is 0.286. The summed E-state index contributed by atoms with van der Waals surface area (Å²) >= 11 is 1.68. The molecular formula is C14H16FN3O2S. The van der Waals surface area contributed by atoms with Crippen LogP contribution in [0.1, 0.15) is 28.8 Å². The van der Waals surface area contributed by atoms with Gasteiger partial charge in [-0.1, -0.05) is 6.07 Å². The summed E-state index contributed by atoms with van der Waals surface area (Å²) in [6.07, 6.45) is 3.95. The van der Waals surface area contributed by atoms with E-state index in [0.29, 0.717) is 18.0 Å². The number of nitrogens with two attached hydrogens (primary N) is 1. The lowest BCUT2D eigenvalue weighted by Gasteiger charge is -2.05. The van der Waals surface area contributed by atoms with E-state index in [1.54, 1.807) is 17.8 Å². The fourth-order valence-electron chi connectivity index (χ4n) is 1.69. The quantitative estimate of drug-likeness (QED) is 0.857. The lowest BCUT2D eigenvalue weighted by atomic mass is 10.2. The van der Waals surface area contributed by atoms with Crippen LogP contribution in [0.25, 0.3) is 0 Å². The number of halogens is 1. The average Bonchev–Trinajstić information content (AvgIpc) is 2.94. The number of aromatic nitrogens is 1. The van der Waals surface area contributed by atoms with Gasteiger partial charge in [0.05, 0.1) is 6.04 Å². The largest absolute Gasteiger partial charge is 0.446 e. The maximum absolute atomic E-state index is 13.0. The first-order valence-corrected chi connectivity index (χ1v) is 7.76. The van der Waals surface area contributed by atoms with Gasteiger partial charge in [-0.2, -0.15) is 11.8 Å². The molecule has 1 aromatic carbocycles. The Bertz CT molecular complexity index is 618. The highest BCUT2D eigenvalue weighted by Gasteiger charge is 2.17. The Morgan fingerprint density at radius 3 is 3.10 bits per heavy atom. The molecule has 0 radical (unpaired) electrons. The Labute approximate surface area is 126 Å². The molecule has 1 aromatic heterocycles. The first kappa shape index (κ1) is 15.5. The molecule has 0 aliphatic heterocycles. The van der Waals surface area contributed by atoms with Crippen molar-refractivity contribution >= 4 is 23.4 Å². The zero-order valence-corrected chi connectivity index (χ0v) is 12.3. The van der Waals surface area contributed by atoms with Gasteiger partial charge in [0, 0.05) is 5.69 Å². The molecule has 0 aliphatic rings. The normalized spacial score (nSPS) is 12.1. The van der Waals surface area contributed by atoms with Crippen molar-refractivity contribution in [3.63, 3.8) is 0 Å². The van der Waals surface area contributed by atoms with Crippen molar-refractivity contribution in [1.29, 1.82) is 0 Å². The van der Waals surface area contributed by atoms with Crippen LogP contribution in [0.4, 0.5) is 10.1 Å². The van der Waals surface area contributed by atoms with Gasteiger partial charge < -0.3 is 15.5 Å². The Balaban J connectivity index is 2.02. The standard InChI is InChI=1S/C14H16FN3O2S/c1-21-6-5-11(16)14-18-12(8-20-14)13(19)17-10-4-2-3-9(15)7-10/h2-4,7-8,11H,5-6,16H2,1H3,(H,17,19). The number of carbonyl (C=O) groups is 1. The molecule has 0 aliphatic carbocycles. The van der Waals surface area contributed by atoms with Gasteiger partial charge in [0.15, 0.2) is 5.69 Å². The number of hydrogen-bond acceptors (Lipinski definition) is 5. The lowest BCUT2D eigenvalue weighted by Crippen LogP contribution is -2.15. The zero-order chi connectivity index (χ0) is 15.2. The second-order valence-corrected chi connectivity index (χ2v) is 5.41. The van der Waals surface area contributed by atoms with E-state index in [0.717, 1.165) is 5.75 Å². The van der Waals surface area contributed by atoms with Gasteiger partial charge in [-0.3, -0.25) is 4.79 Å². The highest BCUT2D eigenvalue weighted by atomic mass is 32.2. The summed E-state index contributed by atoms with van der Waals surface area (Å²) in [6, 6.07) is 5.29. The van der Waals surface area contributed by atoms with E-state index < -0.39 is 11.7 Å². The molecule has 1 atom stereocenters. The molecular weight excluding hydrogens is 293 g/mol. The Hall–Kier alpha value is -1.86. The van der Waals surface area contributed by atoms with E-state index in [9.17, 15) is 9.18 Å². The second-order valence-electron chi connectivity index (χ2n) is 4.42. The molecule has 0 saturated carbocycles. The second kappa shape index (κ2) is 7.24. The summed E-state index contributed by atoms with van der Waals surface area (Å²) in [6.45, 7) is 0. The van der Waals surface area contributed by atoms with Crippen molar-refractivity contribution in [2.45, 2.75) is 12.5 Å². The maximum Gasteiger partial charge on any atom is 0.277 e. The van der Waals surface area contributed by atoms with Crippen LogP contribution in [0.5, 0.6) is 0 Å². The SMILES string of the molecule is CSCCC(N)c1nc(C(=O)Nc2cccc(F)c2)co1. The number of nitrogens with zero attached hydrogens (tertiary/aromatic N) is 1. The van der Waals surface area contributed by atoms with Crippen LogP contribution in [-0.4, -0.2) is 22.9 Å². The molecule has 0 saturated heterocycles. The minimum Gasteiger partial charge on any atom is -0.446 e. The summed E-state index contributed by atoms with van der Waals surface area (Å²) < 4.78 is 18.3. The first-order chi connectivity index (χ1) is 10.1. The van der Waals surface area contributed by atoms with Crippen molar-refractivity contribution in [1.82, 2.24) is 4.98 Å². The van der Waals surface area contributed by atoms with Crippen LogP contribution in [0.2, 0.25) is 0 Å². The molecule has 7 heteroatoms. The predicted octanol–water partition coefficient (Wildman–Crippen LogP) is 2.82. The van der Waals surface area contributed by atoms with Crippen LogP contribution >= 0.6 is 11.8 Å². The van der Waals surface area contributed by atoms with E-state index in [-0.39, 0.29) is 11.7 Å². The van der Waals surface area contributed by atoms with Gasteiger partial charge in [0.1, 0.15) is 12.1 Å². The maximum atomic E-state index is 13.0. The van der Waals surface area contributed by atoms with Crippen molar-refractivity contribution in [2.24, 2.45) is 5.73 Å². The van der Waals surface area contributed by atoms with E-state index >= 15 is 0 Å². The van der Waals surface area contributed by atoms with Crippen molar-refractivity contribution in [3.8, 4) is 0 Å². The van der Waals surface area contributed by atoms with Crippen molar-refractivity contribution in [3.05, 3.63) is 47.9 Å². The number of benzene rings is 1. The van der Waals surface area contributed by atoms with Gasteiger partial charge in [-0.15, -0.1) is 0 Å². The molecule has 5 nitrogen and oxygen atoms in total. The Morgan fingerprint density at radius 2 is 2.38 bits per heavy atom. The number of thioether (sulfide) groups is 1. The Morgan fingerprint density at radius 1 is 1.57 bits per heavy atom. The summed E-state index contributed by atoms with van der Waals surface area (Å²) in [5.74, 6) is 0.322. The van der Waals surface area contributed by atoms with E-state index in [2.05, 4.69) is 10.3 Å². The molecule has 112 valence electrons. The van der Waals surface area contributed by atoms with Gasteiger partial charge in [-0.25, -0.2) is 9.37 Å². The van der Waals surface area contributed by atoms with E-state index in [1.165, 1.54) is 24.5 Å². The number of carbonyl (C=O) groups excluding carboxylic acids is 1. The highest BCUT2D eigenvalue weighted by molar-refractivity contribution is 7.98. The smallest absolute Gasteiger partial charge is 0.277 e. The third-order valence-corrected chi connectivity index (χ3v) is 3.43. The van der Waals surface area contributed by atoms with Crippen molar-refractivity contribution in [2.75, 3.05) is 17.3 Å². The number of anilines is 1. The van der Waals surface area contributed by atoms with Crippen molar-refractivity contribution < 1.29 is 13.6 Å². The molecule has 1 unspecified atom stereocenters. The van der Waals surface area contributed by atoms with Crippen LogP contribution in [0, 0.1) is 5.82 Å². The number of oxazole rings is 1. The third kappa shape index (κ3) is 4.30.